The number of alkyl halides is 3. The van der Waals surface area contributed by atoms with Crippen LogP contribution in [0.1, 0.15) is 0 Å². The molecule has 0 aromatic rings. The molecule has 0 radical (unpaired) electrons. The highest BCUT2D eigenvalue weighted by Gasteiger charge is 1.98. The molecule has 7 heavy (non-hydrogen) atoms. The van der Waals surface area contributed by atoms with Gasteiger partial charge in [0.25, 0.3) is 6.43 Å². The lowest BCUT2D eigenvalue weighted by molar-refractivity contribution is -0.0180. The van der Waals surface area contributed by atoms with Gasteiger partial charge in [-0.05, 0) is 0 Å². The van der Waals surface area contributed by atoms with Gasteiger partial charge in [-0.25, -0.2) is 13.2 Å². The van der Waals surface area contributed by atoms with Crippen LogP contribution < -0.4 is 0 Å². The Bertz CT molecular complexity index is 39.2. The summed E-state index contributed by atoms with van der Waals surface area (Å²) in [6.45, 7) is -1.94. The van der Waals surface area contributed by atoms with Gasteiger partial charge in [0.05, 0.1) is 0 Å². The van der Waals surface area contributed by atoms with Gasteiger partial charge in [0, 0.05) is 0 Å². The van der Waals surface area contributed by atoms with Gasteiger partial charge in [0.15, 0.2) is 6.86 Å². The van der Waals surface area contributed by atoms with E-state index in [2.05, 4.69) is 4.74 Å². The summed E-state index contributed by atoms with van der Waals surface area (Å²) in [7, 11) is 0. The molecule has 0 fully saturated rings. The molecule has 0 aromatic heterocycles. The van der Waals surface area contributed by atoms with Crippen LogP contribution in [-0.2, 0) is 4.74 Å². The molecule has 0 amide bonds. The van der Waals surface area contributed by atoms with E-state index in [9.17, 15) is 13.2 Å². The molecular weight excluding hydrogens is 109 g/mol. The van der Waals surface area contributed by atoms with E-state index in [-0.39, 0.29) is 0 Å². The summed E-state index contributed by atoms with van der Waals surface area (Å²) in [6, 6.07) is 0. The van der Waals surface area contributed by atoms with Gasteiger partial charge in [-0.2, -0.15) is 0 Å². The minimum absolute atomic E-state index is 0.809. The molecule has 0 saturated heterocycles. The van der Waals surface area contributed by atoms with E-state index >= 15 is 0 Å². The molecule has 0 unspecified atom stereocenters. The SMILES string of the molecule is FCOCC(F)F. The maximum Gasteiger partial charge on any atom is 0.261 e. The molecule has 0 saturated carbocycles. The van der Waals surface area contributed by atoms with Crippen LogP contribution in [0, 0.1) is 0 Å². The third-order valence-corrected chi connectivity index (χ3v) is 0.321. The van der Waals surface area contributed by atoms with E-state index in [0.717, 1.165) is 0 Å². The van der Waals surface area contributed by atoms with Crippen LogP contribution >= 0.6 is 0 Å². The van der Waals surface area contributed by atoms with E-state index in [1.165, 1.54) is 0 Å². The lowest BCUT2D eigenvalue weighted by Crippen LogP contribution is -2.02. The first-order chi connectivity index (χ1) is 3.27. The molecule has 44 valence electrons. The van der Waals surface area contributed by atoms with E-state index < -0.39 is 19.9 Å². The normalized spacial score (nSPS) is 10.3. The van der Waals surface area contributed by atoms with E-state index in [0.29, 0.717) is 0 Å². The van der Waals surface area contributed by atoms with Crippen molar-refractivity contribution < 1.29 is 17.9 Å². The third-order valence-electron chi connectivity index (χ3n) is 0.321. The van der Waals surface area contributed by atoms with Crippen molar-refractivity contribution in [2.45, 2.75) is 6.43 Å². The smallest absolute Gasteiger partial charge is 0.261 e. The van der Waals surface area contributed by atoms with E-state index in [4.69, 9.17) is 0 Å². The Morgan fingerprint density at radius 1 is 1.43 bits per heavy atom. The molecule has 0 atom stereocenters. The van der Waals surface area contributed by atoms with Crippen LogP contribution in [0.25, 0.3) is 0 Å². The summed E-state index contributed by atoms with van der Waals surface area (Å²) in [5.74, 6) is 0. The number of hydrogen-bond acceptors (Lipinski definition) is 1. The number of ether oxygens (including phenoxy) is 1. The summed E-state index contributed by atoms with van der Waals surface area (Å²) in [5.41, 5.74) is 0. The highest BCUT2D eigenvalue weighted by molar-refractivity contribution is 4.28. The minimum atomic E-state index is -2.56. The Hall–Kier alpha value is -0.250. The lowest BCUT2D eigenvalue weighted by atomic mass is 10.8. The van der Waals surface area contributed by atoms with E-state index in [1.807, 2.05) is 0 Å². The second-order valence-electron chi connectivity index (χ2n) is 0.871. The van der Waals surface area contributed by atoms with Crippen molar-refractivity contribution in [1.82, 2.24) is 0 Å². The zero-order chi connectivity index (χ0) is 5.70. The third kappa shape index (κ3) is 5.75. The molecule has 0 aromatic carbocycles. The summed E-state index contributed by atoms with van der Waals surface area (Å²) in [5, 5.41) is 0. The van der Waals surface area contributed by atoms with Crippen LogP contribution in [0.5, 0.6) is 0 Å². The lowest BCUT2D eigenvalue weighted by Gasteiger charge is -1.93. The molecule has 0 aliphatic rings. The number of hydrogen-bond donors (Lipinski definition) is 0. The predicted octanol–water partition coefficient (Wildman–Crippen LogP) is 1.20. The molecule has 0 bridgehead atoms. The topological polar surface area (TPSA) is 9.23 Å². The molecule has 0 rings (SSSR count). The van der Waals surface area contributed by atoms with Crippen molar-refractivity contribution in [3.05, 3.63) is 0 Å². The maximum absolute atomic E-state index is 10.9. The summed E-state index contributed by atoms with van der Waals surface area (Å²) in [4.78, 5) is 0. The average molecular weight is 114 g/mol. The van der Waals surface area contributed by atoms with Gasteiger partial charge in [-0.3, -0.25) is 0 Å². The zero-order valence-corrected chi connectivity index (χ0v) is 3.53. The van der Waals surface area contributed by atoms with Gasteiger partial charge >= 0.3 is 0 Å². The number of halogens is 3. The minimum Gasteiger partial charge on any atom is -0.345 e. The first kappa shape index (κ1) is 6.75. The van der Waals surface area contributed by atoms with Crippen LogP contribution in [0.15, 0.2) is 0 Å². The molecule has 4 heteroatoms. The second-order valence-corrected chi connectivity index (χ2v) is 0.871. The summed E-state index contributed by atoms with van der Waals surface area (Å²) >= 11 is 0. The largest absolute Gasteiger partial charge is 0.345 e. The second kappa shape index (κ2) is 3.92. The van der Waals surface area contributed by atoms with Gasteiger partial charge in [-0.15, -0.1) is 0 Å². The molecule has 0 aliphatic carbocycles. The van der Waals surface area contributed by atoms with Crippen LogP contribution in [0.4, 0.5) is 13.2 Å². The fourth-order valence-corrected chi connectivity index (χ4v) is 0.134. The fourth-order valence-electron chi connectivity index (χ4n) is 0.134. The molecule has 0 heterocycles. The molecule has 0 aliphatic heterocycles. The van der Waals surface area contributed by atoms with Crippen molar-refractivity contribution in [3.63, 3.8) is 0 Å². The zero-order valence-electron chi connectivity index (χ0n) is 3.53. The van der Waals surface area contributed by atoms with Crippen molar-refractivity contribution in [1.29, 1.82) is 0 Å². The first-order valence-electron chi connectivity index (χ1n) is 1.69. The van der Waals surface area contributed by atoms with Crippen molar-refractivity contribution in [2.75, 3.05) is 13.5 Å². The predicted molar refractivity (Wildman–Crippen MR) is 17.9 cm³/mol. The van der Waals surface area contributed by atoms with Gasteiger partial charge in [0.2, 0.25) is 0 Å². The molecule has 1 nitrogen and oxygen atoms in total. The van der Waals surface area contributed by atoms with Crippen molar-refractivity contribution in [2.24, 2.45) is 0 Å². The highest BCUT2D eigenvalue weighted by atomic mass is 19.3. The van der Waals surface area contributed by atoms with Crippen LogP contribution in [0.2, 0.25) is 0 Å². The Morgan fingerprint density at radius 2 is 2.00 bits per heavy atom. The monoisotopic (exact) mass is 114 g/mol. The van der Waals surface area contributed by atoms with E-state index in [1.54, 1.807) is 0 Å². The summed E-state index contributed by atoms with van der Waals surface area (Å²) in [6.07, 6.45) is -2.56. The quantitative estimate of drug-likeness (QED) is 0.535. The van der Waals surface area contributed by atoms with Gasteiger partial charge < -0.3 is 4.74 Å². The standard InChI is InChI=1S/C3H5F3O/c4-2-7-1-3(5)6/h3H,1-2H2. The Kier molecular flexibility index (Phi) is 3.78. The van der Waals surface area contributed by atoms with Crippen LogP contribution in [0.3, 0.4) is 0 Å². The molecular formula is C3H5F3O. The Balaban J connectivity index is 2.68. The van der Waals surface area contributed by atoms with Crippen molar-refractivity contribution in [3.8, 4) is 0 Å². The molecule has 0 N–H and O–H groups in total. The van der Waals surface area contributed by atoms with Crippen molar-refractivity contribution >= 4 is 0 Å². The fraction of sp³-hybridized carbons (Fsp3) is 1.00. The average Bonchev–Trinajstić information content (AvgIpc) is 1.61. The Morgan fingerprint density at radius 3 is 2.14 bits per heavy atom. The summed E-state index contributed by atoms with van der Waals surface area (Å²) < 4.78 is 36.3. The number of rotatable bonds is 3. The van der Waals surface area contributed by atoms with Crippen LogP contribution in [-0.4, -0.2) is 19.9 Å². The molecule has 0 spiro atoms. The maximum atomic E-state index is 10.9. The van der Waals surface area contributed by atoms with Gasteiger partial charge in [0.1, 0.15) is 6.61 Å². The highest BCUT2D eigenvalue weighted by Crippen LogP contribution is 1.91. The van der Waals surface area contributed by atoms with Gasteiger partial charge in [-0.1, -0.05) is 0 Å². The Labute approximate surface area is 39.1 Å². The first-order valence-corrected chi connectivity index (χ1v) is 1.69.